The van der Waals surface area contributed by atoms with Crippen molar-refractivity contribution in [3.63, 3.8) is 0 Å². The Kier molecular flexibility index (Phi) is 9.15. The summed E-state index contributed by atoms with van der Waals surface area (Å²) in [5.74, 6) is 0.712. The molecule has 0 saturated carbocycles. The van der Waals surface area contributed by atoms with Crippen LogP contribution in [0.3, 0.4) is 0 Å². The number of aryl methyl sites for hydroxylation is 1. The van der Waals surface area contributed by atoms with Gasteiger partial charge in [-0.25, -0.2) is 4.79 Å². The first-order valence-corrected chi connectivity index (χ1v) is 11.1. The summed E-state index contributed by atoms with van der Waals surface area (Å²) >= 11 is 0. The number of ether oxygens (including phenoxy) is 1. The minimum atomic E-state index is -0.427. The Labute approximate surface area is 182 Å². The number of unbranched alkanes of at least 4 members (excludes halogenated alkanes) is 1. The number of benzene rings is 1. The number of anilines is 1. The number of carbonyl (C=O) groups is 2. The number of piperidine rings is 1. The number of hydrogen-bond acceptors (Lipinski definition) is 4. The van der Waals surface area contributed by atoms with E-state index in [0.29, 0.717) is 12.5 Å². The molecule has 1 aliphatic rings. The lowest BCUT2D eigenvalue weighted by molar-refractivity contribution is -0.116. The molecule has 0 atom stereocenters. The van der Waals surface area contributed by atoms with Crippen LogP contribution in [0.2, 0.25) is 0 Å². The summed E-state index contributed by atoms with van der Waals surface area (Å²) < 4.78 is 5.47. The van der Waals surface area contributed by atoms with Gasteiger partial charge >= 0.3 is 6.09 Å². The van der Waals surface area contributed by atoms with E-state index in [1.54, 1.807) is 0 Å². The molecule has 1 aromatic rings. The number of rotatable bonds is 8. The van der Waals surface area contributed by atoms with E-state index in [1.165, 1.54) is 24.8 Å². The monoisotopic (exact) mass is 417 g/mol. The number of amides is 2. The molecule has 30 heavy (non-hydrogen) atoms. The van der Waals surface area contributed by atoms with Crippen LogP contribution in [-0.4, -0.2) is 61.1 Å². The molecule has 2 amide bonds. The molecule has 0 aliphatic carbocycles. The summed E-state index contributed by atoms with van der Waals surface area (Å²) in [5.41, 5.74) is 1.73. The van der Waals surface area contributed by atoms with E-state index in [0.717, 1.165) is 38.0 Å². The maximum Gasteiger partial charge on any atom is 0.410 e. The van der Waals surface area contributed by atoms with Crippen molar-refractivity contribution in [2.45, 2.75) is 64.9 Å². The maximum absolute atomic E-state index is 12.1. The highest BCUT2D eigenvalue weighted by molar-refractivity contribution is 5.92. The fourth-order valence-corrected chi connectivity index (χ4v) is 3.74. The molecule has 0 unspecified atom stereocenters. The van der Waals surface area contributed by atoms with Crippen LogP contribution in [0.4, 0.5) is 10.5 Å². The van der Waals surface area contributed by atoms with Crippen LogP contribution >= 0.6 is 0 Å². The standard InChI is InChI=1S/C24H39N3O3/c1-24(2,3)30-23(29)27-16-14-20(15-17-27)9-7-6-8-19-10-12-21(13-11-19)25-22(28)18-26(4)5/h10-13,20H,6-9,14-18H2,1-5H3,(H,25,28). The summed E-state index contributed by atoms with van der Waals surface area (Å²) in [4.78, 5) is 27.7. The van der Waals surface area contributed by atoms with Gasteiger partial charge in [-0.1, -0.05) is 25.0 Å². The number of hydrogen-bond donors (Lipinski definition) is 1. The van der Waals surface area contributed by atoms with Crippen molar-refractivity contribution >= 4 is 17.7 Å². The molecule has 1 saturated heterocycles. The van der Waals surface area contributed by atoms with Crippen molar-refractivity contribution in [2.75, 3.05) is 39.0 Å². The van der Waals surface area contributed by atoms with Gasteiger partial charge in [-0.3, -0.25) is 4.79 Å². The smallest absolute Gasteiger partial charge is 0.410 e. The SMILES string of the molecule is CN(C)CC(=O)Nc1ccc(CCCCC2CCN(C(=O)OC(C)(C)C)CC2)cc1. The summed E-state index contributed by atoms with van der Waals surface area (Å²) in [5, 5.41) is 2.92. The topological polar surface area (TPSA) is 61.9 Å². The minimum Gasteiger partial charge on any atom is -0.444 e. The van der Waals surface area contributed by atoms with E-state index in [2.05, 4.69) is 17.4 Å². The molecule has 0 bridgehead atoms. The van der Waals surface area contributed by atoms with E-state index in [-0.39, 0.29) is 12.0 Å². The molecule has 1 aromatic carbocycles. The lowest BCUT2D eigenvalue weighted by Gasteiger charge is -2.33. The van der Waals surface area contributed by atoms with Gasteiger partial charge in [-0.15, -0.1) is 0 Å². The Balaban J connectivity index is 1.62. The quantitative estimate of drug-likeness (QED) is 0.631. The minimum absolute atomic E-state index is 0.00506. The van der Waals surface area contributed by atoms with E-state index < -0.39 is 5.60 Å². The van der Waals surface area contributed by atoms with Crippen LogP contribution in [0.15, 0.2) is 24.3 Å². The molecule has 6 nitrogen and oxygen atoms in total. The molecular weight excluding hydrogens is 378 g/mol. The molecule has 0 aromatic heterocycles. The van der Waals surface area contributed by atoms with Crippen LogP contribution in [0.5, 0.6) is 0 Å². The first kappa shape index (κ1) is 24.2. The summed E-state index contributed by atoms with van der Waals surface area (Å²) in [7, 11) is 3.76. The van der Waals surface area contributed by atoms with Gasteiger partial charge in [0.1, 0.15) is 5.60 Å². The van der Waals surface area contributed by atoms with Crippen LogP contribution in [0, 0.1) is 5.92 Å². The number of likely N-dealkylation sites (N-methyl/N-ethyl adjacent to an activating group) is 1. The predicted molar refractivity (Wildman–Crippen MR) is 122 cm³/mol. The zero-order valence-electron chi connectivity index (χ0n) is 19.4. The van der Waals surface area contributed by atoms with Gasteiger partial charge in [0.15, 0.2) is 0 Å². The Morgan fingerprint density at radius 2 is 1.73 bits per heavy atom. The Bertz CT molecular complexity index is 672. The van der Waals surface area contributed by atoms with Crippen molar-refractivity contribution in [1.82, 2.24) is 9.80 Å². The normalized spacial score (nSPS) is 15.3. The zero-order chi connectivity index (χ0) is 22.1. The van der Waals surface area contributed by atoms with E-state index in [9.17, 15) is 9.59 Å². The van der Waals surface area contributed by atoms with Gasteiger partial charge in [0.25, 0.3) is 0 Å². The lowest BCUT2D eigenvalue weighted by atomic mass is 9.91. The Morgan fingerprint density at radius 1 is 1.10 bits per heavy atom. The highest BCUT2D eigenvalue weighted by Gasteiger charge is 2.26. The van der Waals surface area contributed by atoms with Crippen molar-refractivity contribution in [3.8, 4) is 0 Å². The number of likely N-dealkylation sites (tertiary alicyclic amines) is 1. The summed E-state index contributed by atoms with van der Waals surface area (Å²) in [6.07, 6.45) is 6.61. The molecule has 1 N–H and O–H groups in total. The first-order chi connectivity index (χ1) is 14.1. The zero-order valence-corrected chi connectivity index (χ0v) is 19.4. The average molecular weight is 418 g/mol. The van der Waals surface area contributed by atoms with Crippen molar-refractivity contribution in [3.05, 3.63) is 29.8 Å². The van der Waals surface area contributed by atoms with Gasteiger partial charge in [-0.05, 0) is 84.2 Å². The van der Waals surface area contributed by atoms with Crippen LogP contribution < -0.4 is 5.32 Å². The highest BCUT2D eigenvalue weighted by Crippen LogP contribution is 2.24. The van der Waals surface area contributed by atoms with Crippen molar-refractivity contribution in [1.29, 1.82) is 0 Å². The third-order valence-electron chi connectivity index (χ3n) is 5.29. The van der Waals surface area contributed by atoms with Crippen LogP contribution in [0.1, 0.15) is 58.4 Å². The molecule has 0 spiro atoms. The summed E-state index contributed by atoms with van der Waals surface area (Å²) in [6, 6.07) is 8.17. The van der Waals surface area contributed by atoms with Gasteiger partial charge in [0, 0.05) is 18.8 Å². The fraction of sp³-hybridized carbons (Fsp3) is 0.667. The van der Waals surface area contributed by atoms with E-state index in [1.807, 2.05) is 56.8 Å². The fourth-order valence-electron chi connectivity index (χ4n) is 3.74. The van der Waals surface area contributed by atoms with Gasteiger partial charge in [-0.2, -0.15) is 0 Å². The third kappa shape index (κ3) is 9.16. The average Bonchev–Trinajstić information content (AvgIpc) is 2.65. The van der Waals surface area contributed by atoms with Crippen LogP contribution in [0.25, 0.3) is 0 Å². The molecule has 1 heterocycles. The first-order valence-electron chi connectivity index (χ1n) is 11.1. The molecule has 6 heteroatoms. The largest absolute Gasteiger partial charge is 0.444 e. The molecular formula is C24H39N3O3. The number of carbonyl (C=O) groups excluding carboxylic acids is 2. The number of nitrogens with one attached hydrogen (secondary N) is 1. The summed E-state index contributed by atoms with van der Waals surface area (Å²) in [6.45, 7) is 7.73. The highest BCUT2D eigenvalue weighted by atomic mass is 16.6. The second-order valence-corrected chi connectivity index (χ2v) is 9.64. The predicted octanol–water partition coefficient (Wildman–Crippen LogP) is 4.55. The second kappa shape index (κ2) is 11.3. The van der Waals surface area contributed by atoms with Gasteiger partial charge in [0.2, 0.25) is 5.91 Å². The van der Waals surface area contributed by atoms with E-state index in [4.69, 9.17) is 4.74 Å². The molecule has 1 aliphatic heterocycles. The Morgan fingerprint density at radius 3 is 2.30 bits per heavy atom. The molecule has 168 valence electrons. The van der Waals surface area contributed by atoms with Crippen LogP contribution in [-0.2, 0) is 16.0 Å². The lowest BCUT2D eigenvalue weighted by Crippen LogP contribution is -2.41. The maximum atomic E-state index is 12.1. The molecule has 1 fully saturated rings. The number of nitrogens with zero attached hydrogens (tertiary/aromatic N) is 2. The van der Waals surface area contributed by atoms with Crippen molar-refractivity contribution in [2.24, 2.45) is 5.92 Å². The van der Waals surface area contributed by atoms with Crippen molar-refractivity contribution < 1.29 is 14.3 Å². The molecule has 2 rings (SSSR count). The molecule has 0 radical (unpaired) electrons. The van der Waals surface area contributed by atoms with Gasteiger partial charge < -0.3 is 19.9 Å². The Hall–Kier alpha value is -2.08. The van der Waals surface area contributed by atoms with Gasteiger partial charge in [0.05, 0.1) is 6.54 Å². The third-order valence-corrected chi connectivity index (χ3v) is 5.29. The second-order valence-electron chi connectivity index (χ2n) is 9.64. The van der Waals surface area contributed by atoms with E-state index >= 15 is 0 Å².